The zero-order chi connectivity index (χ0) is 21.5. The van der Waals surface area contributed by atoms with Crippen LogP contribution in [0.2, 0.25) is 0 Å². The zero-order valence-electron chi connectivity index (χ0n) is 17.2. The third-order valence-corrected chi connectivity index (χ3v) is 9.72. The molecule has 2 nitrogen and oxygen atoms in total. The second-order valence-electron chi connectivity index (χ2n) is 6.99. The van der Waals surface area contributed by atoms with E-state index in [0.717, 1.165) is 15.9 Å². The molecule has 1 N–H and O–H groups in total. The summed E-state index contributed by atoms with van der Waals surface area (Å²) in [5.74, 6) is -0.181. The normalized spacial score (nSPS) is 11.3. The fourth-order valence-corrected chi connectivity index (χ4v) is 8.28. The predicted molar refractivity (Wildman–Crippen MR) is 133 cm³/mol. The Morgan fingerprint density at radius 3 is 1.31 bits per heavy atom. The first kappa shape index (κ1) is 23.8. The van der Waals surface area contributed by atoms with Gasteiger partial charge in [-0.2, -0.15) is 0 Å². The van der Waals surface area contributed by atoms with Crippen molar-refractivity contribution in [1.82, 2.24) is 5.32 Å². The van der Waals surface area contributed by atoms with Crippen LogP contribution in [0, 0.1) is 0 Å². The van der Waals surface area contributed by atoms with Crippen LogP contribution in [0.1, 0.15) is 10.4 Å². The highest BCUT2D eigenvalue weighted by Crippen LogP contribution is 2.61. The van der Waals surface area contributed by atoms with Gasteiger partial charge in [0, 0.05) is 5.56 Å². The SMILES string of the molecule is O=C(N/C(=C/Cl)[P+](c1ccccc1)(c1ccccc1)c1ccccc1)c1ccccc1.[Cl-]. The van der Waals surface area contributed by atoms with Crippen molar-refractivity contribution in [3.8, 4) is 0 Å². The molecule has 0 saturated heterocycles. The van der Waals surface area contributed by atoms with Gasteiger partial charge in [0.1, 0.15) is 15.9 Å². The molecule has 0 bridgehead atoms. The number of amides is 1. The second kappa shape index (κ2) is 11.1. The van der Waals surface area contributed by atoms with Gasteiger partial charge in [0.15, 0.2) is 12.7 Å². The number of hydrogen-bond acceptors (Lipinski definition) is 1. The molecule has 4 aromatic carbocycles. The molecule has 0 saturated carbocycles. The van der Waals surface area contributed by atoms with E-state index in [9.17, 15) is 4.79 Å². The van der Waals surface area contributed by atoms with E-state index in [-0.39, 0.29) is 18.3 Å². The molecule has 0 aromatic heterocycles. The Kier molecular flexibility index (Phi) is 8.25. The van der Waals surface area contributed by atoms with Crippen LogP contribution < -0.4 is 33.6 Å². The lowest BCUT2D eigenvalue weighted by Gasteiger charge is -2.29. The van der Waals surface area contributed by atoms with E-state index in [1.54, 1.807) is 12.1 Å². The topological polar surface area (TPSA) is 29.1 Å². The van der Waals surface area contributed by atoms with Crippen LogP contribution in [-0.4, -0.2) is 5.91 Å². The summed E-state index contributed by atoms with van der Waals surface area (Å²) in [6.45, 7) is 0. The zero-order valence-corrected chi connectivity index (χ0v) is 19.6. The van der Waals surface area contributed by atoms with E-state index < -0.39 is 7.26 Å². The molecule has 0 spiro atoms. The largest absolute Gasteiger partial charge is 1.00 e. The van der Waals surface area contributed by atoms with Gasteiger partial charge in [-0.15, -0.1) is 0 Å². The third-order valence-electron chi connectivity index (χ3n) is 5.17. The quantitative estimate of drug-likeness (QED) is 0.424. The first-order valence-corrected chi connectivity index (χ1v) is 12.2. The number of nitrogens with one attached hydrogen (secondary N) is 1. The van der Waals surface area contributed by atoms with Crippen molar-refractivity contribution >= 4 is 40.7 Å². The Labute approximate surface area is 200 Å². The molecule has 0 radical (unpaired) electrons. The average Bonchev–Trinajstić information content (AvgIpc) is 2.86. The van der Waals surface area contributed by atoms with Crippen LogP contribution in [0.3, 0.4) is 0 Å². The molecule has 0 atom stereocenters. The fraction of sp³-hybridized carbons (Fsp3) is 0. The van der Waals surface area contributed by atoms with Crippen LogP contribution in [0.15, 0.2) is 132 Å². The molecule has 4 rings (SSSR count). The minimum Gasteiger partial charge on any atom is -1.00 e. The summed E-state index contributed by atoms with van der Waals surface area (Å²) in [4.78, 5) is 13.2. The van der Waals surface area contributed by atoms with Crippen LogP contribution >= 0.6 is 18.9 Å². The number of carbonyl (C=O) groups excluding carboxylic acids is 1. The van der Waals surface area contributed by atoms with Gasteiger partial charge < -0.3 is 12.4 Å². The first-order chi connectivity index (χ1) is 15.3. The molecule has 0 aliphatic rings. The summed E-state index contributed by atoms with van der Waals surface area (Å²) in [6.07, 6.45) is 0. The number of benzene rings is 4. The van der Waals surface area contributed by atoms with Crippen LogP contribution in [0.25, 0.3) is 0 Å². The van der Waals surface area contributed by atoms with Crippen LogP contribution in [-0.2, 0) is 0 Å². The maximum Gasteiger partial charge on any atom is 0.258 e. The van der Waals surface area contributed by atoms with Gasteiger partial charge >= 0.3 is 0 Å². The van der Waals surface area contributed by atoms with E-state index in [0.29, 0.717) is 11.0 Å². The maximum absolute atomic E-state index is 13.2. The van der Waals surface area contributed by atoms with Crippen molar-refractivity contribution < 1.29 is 17.2 Å². The van der Waals surface area contributed by atoms with Crippen molar-refractivity contribution in [3.63, 3.8) is 0 Å². The number of rotatable bonds is 6. The lowest BCUT2D eigenvalue weighted by Crippen LogP contribution is -3.00. The second-order valence-corrected chi connectivity index (χ2v) is 10.6. The van der Waals surface area contributed by atoms with Crippen molar-refractivity contribution in [2.24, 2.45) is 0 Å². The van der Waals surface area contributed by atoms with Crippen molar-refractivity contribution in [1.29, 1.82) is 0 Å². The van der Waals surface area contributed by atoms with Gasteiger partial charge in [0.05, 0.1) is 5.54 Å². The standard InChI is InChI=1S/C27H21ClNOP.ClH/c28-21-26(29-27(30)22-13-5-1-6-14-22)31(23-15-7-2-8-16-23,24-17-9-3-10-18-24)25-19-11-4-12-20-25;/h1-21H;1H/b26-21-;. The highest BCUT2D eigenvalue weighted by Gasteiger charge is 2.50. The van der Waals surface area contributed by atoms with E-state index in [2.05, 4.69) is 41.7 Å². The van der Waals surface area contributed by atoms with Crippen LogP contribution in [0.4, 0.5) is 0 Å². The Morgan fingerprint density at radius 2 is 0.969 bits per heavy atom. The minimum absolute atomic E-state index is 0. The minimum atomic E-state index is -2.44. The smallest absolute Gasteiger partial charge is 0.258 e. The lowest BCUT2D eigenvalue weighted by molar-refractivity contribution is -0.0000142. The molecule has 160 valence electrons. The van der Waals surface area contributed by atoms with Gasteiger partial charge in [-0.1, -0.05) is 84.4 Å². The molecule has 0 aliphatic heterocycles. The average molecular weight is 478 g/mol. The van der Waals surface area contributed by atoms with Gasteiger partial charge in [0.2, 0.25) is 0 Å². The summed E-state index contributed by atoms with van der Waals surface area (Å²) in [5, 5.41) is 6.51. The highest BCUT2D eigenvalue weighted by atomic mass is 35.5. The predicted octanol–water partition coefficient (Wildman–Crippen LogP) is 2.45. The Hall–Kier alpha value is -2.90. The van der Waals surface area contributed by atoms with Crippen LogP contribution in [0.5, 0.6) is 0 Å². The maximum atomic E-state index is 13.2. The number of halogens is 2. The van der Waals surface area contributed by atoms with Gasteiger partial charge in [0.25, 0.3) is 5.91 Å². The van der Waals surface area contributed by atoms with Gasteiger partial charge in [-0.3, -0.25) is 10.1 Å². The fourth-order valence-electron chi connectivity index (χ4n) is 3.78. The number of carbonyl (C=O) groups is 1. The Morgan fingerprint density at radius 1 is 0.625 bits per heavy atom. The monoisotopic (exact) mass is 477 g/mol. The van der Waals surface area contributed by atoms with E-state index in [4.69, 9.17) is 11.6 Å². The molecule has 4 aromatic rings. The van der Waals surface area contributed by atoms with E-state index in [1.165, 1.54) is 5.54 Å². The van der Waals surface area contributed by atoms with Crippen molar-refractivity contribution in [2.75, 3.05) is 0 Å². The lowest BCUT2D eigenvalue weighted by atomic mass is 10.2. The van der Waals surface area contributed by atoms with Crippen molar-refractivity contribution in [2.45, 2.75) is 0 Å². The van der Waals surface area contributed by atoms with Gasteiger partial charge in [-0.05, 0) is 48.5 Å². The summed E-state index contributed by atoms with van der Waals surface area (Å²) in [5.41, 5.74) is 2.82. The molecule has 32 heavy (non-hydrogen) atoms. The molecular weight excluding hydrogens is 456 g/mol. The van der Waals surface area contributed by atoms with E-state index >= 15 is 0 Å². The third kappa shape index (κ3) is 4.64. The molecule has 5 heteroatoms. The first-order valence-electron chi connectivity index (χ1n) is 10.00. The number of hydrogen-bond donors (Lipinski definition) is 1. The Bertz CT molecular complexity index is 1070. The molecule has 1 amide bonds. The molecular formula is C27H22Cl2NOP. The van der Waals surface area contributed by atoms with Crippen molar-refractivity contribution in [3.05, 3.63) is 138 Å². The summed E-state index contributed by atoms with van der Waals surface area (Å²) >= 11 is 6.48. The summed E-state index contributed by atoms with van der Waals surface area (Å²) < 4.78 is 0. The molecule has 0 heterocycles. The molecule has 0 aliphatic carbocycles. The molecule has 0 fully saturated rings. The molecule has 0 unspecified atom stereocenters. The van der Waals surface area contributed by atoms with Gasteiger partial charge in [-0.25, -0.2) is 0 Å². The Balaban J connectivity index is 0.00000289. The highest BCUT2D eigenvalue weighted by molar-refractivity contribution is 7.99. The summed E-state index contributed by atoms with van der Waals surface area (Å²) in [6, 6.07) is 40.1. The van der Waals surface area contributed by atoms with E-state index in [1.807, 2.05) is 72.8 Å². The summed E-state index contributed by atoms with van der Waals surface area (Å²) in [7, 11) is -2.44.